The van der Waals surface area contributed by atoms with Crippen LogP contribution in [-0.4, -0.2) is 85.5 Å². The monoisotopic (exact) mass is 504 g/mol. The highest BCUT2D eigenvalue weighted by atomic mass is 35.5. The van der Waals surface area contributed by atoms with Crippen molar-refractivity contribution in [1.82, 2.24) is 15.1 Å². The largest absolute Gasteiger partial charge is 0.496 e. The first-order valence-electron chi connectivity index (χ1n) is 11.0. The lowest BCUT2D eigenvalue weighted by Crippen LogP contribution is -2.55. The molecule has 0 saturated carbocycles. The number of benzene rings is 2. The molecule has 35 heavy (non-hydrogen) atoms. The Balaban J connectivity index is 0.00000342. The van der Waals surface area contributed by atoms with Gasteiger partial charge in [0, 0.05) is 39.4 Å². The first-order valence-corrected chi connectivity index (χ1v) is 11.4. The number of halogens is 1. The summed E-state index contributed by atoms with van der Waals surface area (Å²) < 4.78 is 10.9. The summed E-state index contributed by atoms with van der Waals surface area (Å²) in [5, 5.41) is 3.29. The normalized spacial score (nSPS) is 19.8. The number of piperidine rings is 1. The second kappa shape index (κ2) is 11.0. The van der Waals surface area contributed by atoms with Crippen LogP contribution in [0.2, 0.25) is 5.02 Å². The number of nitrogens with one attached hydrogen (secondary N) is 1. The summed E-state index contributed by atoms with van der Waals surface area (Å²) in [6.07, 6.45) is 0.368. The Bertz CT molecular complexity index is 1090. The minimum absolute atomic E-state index is 0. The number of likely N-dealkylation sites (tertiary alicyclic amines) is 1. The Labute approximate surface area is 208 Å². The Morgan fingerprint density at radius 1 is 1.14 bits per heavy atom. The van der Waals surface area contributed by atoms with Crippen molar-refractivity contribution in [3.8, 4) is 5.75 Å². The molecule has 188 valence electrons. The molecule has 4 rings (SSSR count). The molecule has 0 aromatic heterocycles. The van der Waals surface area contributed by atoms with Crippen LogP contribution in [0.15, 0.2) is 36.4 Å². The zero-order chi connectivity index (χ0) is 24.4. The van der Waals surface area contributed by atoms with Gasteiger partial charge in [-0.2, -0.15) is 0 Å². The molecule has 0 bridgehead atoms. The van der Waals surface area contributed by atoms with Gasteiger partial charge in [0.15, 0.2) is 0 Å². The molecule has 10 nitrogen and oxygen atoms in total. The lowest BCUT2D eigenvalue weighted by molar-refractivity contribution is 0.00450. The highest BCUT2D eigenvalue weighted by Gasteiger charge is 2.36. The van der Waals surface area contributed by atoms with Crippen molar-refractivity contribution in [2.45, 2.75) is 18.6 Å². The number of anilines is 1. The minimum Gasteiger partial charge on any atom is -0.496 e. The number of hydrogen-bond acceptors (Lipinski definition) is 7. The van der Waals surface area contributed by atoms with Crippen LogP contribution < -0.4 is 15.8 Å². The third kappa shape index (κ3) is 5.25. The highest BCUT2D eigenvalue weighted by molar-refractivity contribution is 6.33. The lowest BCUT2D eigenvalue weighted by Gasteiger charge is -2.38. The molecule has 2 aromatic rings. The highest BCUT2D eigenvalue weighted by Crippen LogP contribution is 2.29. The molecule has 2 aliphatic heterocycles. The number of nitrogens with two attached hydrogens (primary N) is 1. The number of carbonyl (C=O) groups is 3. The Morgan fingerprint density at radius 2 is 1.80 bits per heavy atom. The number of imide groups is 1. The fraction of sp³-hybridized carbons (Fsp3) is 0.375. The van der Waals surface area contributed by atoms with Gasteiger partial charge >= 0.3 is 0 Å². The molecule has 0 radical (unpaired) electrons. The number of amides is 3. The maximum absolute atomic E-state index is 12.9. The zero-order valence-electron chi connectivity index (χ0n) is 19.5. The first kappa shape index (κ1) is 26.4. The van der Waals surface area contributed by atoms with Crippen molar-refractivity contribution < 1.29 is 29.3 Å². The van der Waals surface area contributed by atoms with Crippen LogP contribution in [0.5, 0.6) is 5.75 Å². The third-order valence-corrected chi connectivity index (χ3v) is 6.67. The van der Waals surface area contributed by atoms with Gasteiger partial charge in [-0.15, -0.1) is 0 Å². The van der Waals surface area contributed by atoms with E-state index < -0.39 is 0 Å². The van der Waals surface area contributed by atoms with Crippen LogP contribution >= 0.6 is 11.6 Å². The average Bonchev–Trinajstić information content (AvgIpc) is 3.09. The molecule has 11 heteroatoms. The van der Waals surface area contributed by atoms with E-state index in [1.165, 1.54) is 24.1 Å². The van der Waals surface area contributed by atoms with Crippen molar-refractivity contribution in [3.05, 3.63) is 58.1 Å². The summed E-state index contributed by atoms with van der Waals surface area (Å²) in [4.78, 5) is 41.5. The van der Waals surface area contributed by atoms with Crippen LogP contribution in [0.4, 0.5) is 5.69 Å². The van der Waals surface area contributed by atoms with Crippen LogP contribution in [0.3, 0.4) is 0 Å². The van der Waals surface area contributed by atoms with Gasteiger partial charge in [-0.25, -0.2) is 0 Å². The molecular weight excluding hydrogens is 476 g/mol. The number of nitrogen functional groups attached to an aromatic ring is 1. The minimum atomic E-state index is -0.328. The van der Waals surface area contributed by atoms with E-state index in [9.17, 15) is 14.4 Å². The van der Waals surface area contributed by atoms with E-state index in [1.807, 2.05) is 0 Å². The summed E-state index contributed by atoms with van der Waals surface area (Å²) >= 11 is 6.10. The van der Waals surface area contributed by atoms with Crippen molar-refractivity contribution in [1.29, 1.82) is 0 Å². The Hall–Kier alpha value is -3.18. The summed E-state index contributed by atoms with van der Waals surface area (Å²) in [5.41, 5.74) is 7.33. The fourth-order valence-electron chi connectivity index (χ4n) is 4.43. The molecule has 2 atom stereocenters. The predicted octanol–water partition coefficient (Wildman–Crippen LogP) is 1.22. The molecule has 1 saturated heterocycles. The summed E-state index contributed by atoms with van der Waals surface area (Å²) in [6, 6.07) is 9.64. The van der Waals surface area contributed by atoms with Gasteiger partial charge in [0.25, 0.3) is 17.7 Å². The fourth-order valence-corrected chi connectivity index (χ4v) is 4.60. The number of fused-ring (bicyclic) bond motifs is 1. The second-order valence-corrected chi connectivity index (χ2v) is 8.73. The molecular formula is C24H29ClN4O6. The van der Waals surface area contributed by atoms with E-state index in [-0.39, 0.29) is 40.4 Å². The quantitative estimate of drug-likeness (QED) is 0.425. The standard InChI is InChI=1S/C24H27ClN4O5.H2O/c1-33-20-12-18(26)17(25)11-16(20)22(30)27-19-7-8-28(13-21(19)34-2)9-10-29-23(31)14-5-3-4-6-15(14)24(29)32;/h3-6,11-12,19,21H,7-10,13,26H2,1-2H3,(H,27,30);1H2. The van der Waals surface area contributed by atoms with Gasteiger partial charge in [-0.1, -0.05) is 23.7 Å². The SMILES string of the molecule is COc1cc(N)c(Cl)cc1C(=O)NC1CCN(CCN2C(=O)c3ccccc3C2=O)CC1OC.O. The van der Waals surface area contributed by atoms with Crippen LogP contribution in [0, 0.1) is 0 Å². The maximum Gasteiger partial charge on any atom is 0.261 e. The first-order chi connectivity index (χ1) is 16.3. The van der Waals surface area contributed by atoms with Crippen LogP contribution in [0.1, 0.15) is 37.5 Å². The van der Waals surface area contributed by atoms with E-state index in [0.717, 1.165) is 0 Å². The molecule has 0 aliphatic carbocycles. The molecule has 2 unspecified atom stereocenters. The maximum atomic E-state index is 12.9. The van der Waals surface area contributed by atoms with Gasteiger partial charge < -0.3 is 26.0 Å². The smallest absolute Gasteiger partial charge is 0.261 e. The van der Waals surface area contributed by atoms with E-state index in [1.54, 1.807) is 31.4 Å². The Kier molecular flexibility index (Phi) is 8.34. The molecule has 2 aliphatic rings. The van der Waals surface area contributed by atoms with E-state index in [0.29, 0.717) is 60.7 Å². The topological polar surface area (TPSA) is 146 Å². The Morgan fingerprint density at radius 3 is 2.40 bits per heavy atom. The van der Waals surface area contributed by atoms with Gasteiger partial charge in [0.05, 0.1) is 46.7 Å². The molecule has 1 fully saturated rings. The summed E-state index contributed by atoms with van der Waals surface area (Å²) in [5.74, 6) is -0.513. The van der Waals surface area contributed by atoms with Crippen LogP contribution in [0.25, 0.3) is 0 Å². The molecule has 5 N–H and O–H groups in total. The second-order valence-electron chi connectivity index (χ2n) is 8.32. The molecule has 3 amide bonds. The number of rotatable bonds is 7. The van der Waals surface area contributed by atoms with Crippen LogP contribution in [-0.2, 0) is 4.74 Å². The molecule has 2 aromatic carbocycles. The summed E-state index contributed by atoms with van der Waals surface area (Å²) in [6.45, 7) is 2.03. The number of hydrogen-bond donors (Lipinski definition) is 2. The number of methoxy groups -OCH3 is 2. The molecule has 2 heterocycles. The van der Waals surface area contributed by atoms with Crippen molar-refractivity contribution in [3.63, 3.8) is 0 Å². The number of ether oxygens (including phenoxy) is 2. The average molecular weight is 505 g/mol. The van der Waals surface area contributed by atoms with E-state index >= 15 is 0 Å². The van der Waals surface area contributed by atoms with Gasteiger partial charge in [-0.05, 0) is 24.6 Å². The van der Waals surface area contributed by atoms with Gasteiger partial charge in [0.2, 0.25) is 0 Å². The van der Waals surface area contributed by atoms with Crippen molar-refractivity contribution in [2.75, 3.05) is 46.1 Å². The lowest BCUT2D eigenvalue weighted by atomic mass is 10.0. The van der Waals surface area contributed by atoms with E-state index in [2.05, 4.69) is 10.2 Å². The zero-order valence-corrected chi connectivity index (χ0v) is 20.3. The van der Waals surface area contributed by atoms with Gasteiger partial charge in [0.1, 0.15) is 5.75 Å². The number of carbonyl (C=O) groups excluding carboxylic acids is 3. The van der Waals surface area contributed by atoms with Gasteiger partial charge in [-0.3, -0.25) is 24.2 Å². The molecule has 0 spiro atoms. The van der Waals surface area contributed by atoms with Crippen molar-refractivity contribution in [2.24, 2.45) is 0 Å². The van der Waals surface area contributed by atoms with Crippen molar-refractivity contribution >= 4 is 35.0 Å². The summed E-state index contributed by atoms with van der Waals surface area (Å²) in [7, 11) is 3.06. The number of nitrogens with zero attached hydrogens (tertiary/aromatic N) is 2. The predicted molar refractivity (Wildman–Crippen MR) is 131 cm³/mol. The third-order valence-electron chi connectivity index (χ3n) is 6.34. The van der Waals surface area contributed by atoms with E-state index in [4.69, 9.17) is 26.8 Å².